The highest BCUT2D eigenvalue weighted by atomic mass is 19.2. The van der Waals surface area contributed by atoms with Gasteiger partial charge in [0.15, 0.2) is 34.8 Å². The van der Waals surface area contributed by atoms with E-state index in [1.807, 2.05) is 0 Å². The van der Waals surface area contributed by atoms with E-state index >= 15 is 0 Å². The zero-order valence-electron chi connectivity index (χ0n) is 19.7. The first kappa shape index (κ1) is 25.9. The summed E-state index contributed by atoms with van der Waals surface area (Å²) in [5, 5.41) is 9.31. The Bertz CT molecular complexity index is 1250. The van der Waals surface area contributed by atoms with Gasteiger partial charge in [0.1, 0.15) is 0 Å². The molecule has 0 heterocycles. The Hall–Kier alpha value is -3.16. The minimum atomic E-state index is -1.31. The summed E-state index contributed by atoms with van der Waals surface area (Å²) in [6.07, 6.45) is 3.48. The quantitative estimate of drug-likeness (QED) is 0.326. The molecular formula is C28H26F6O2. The second-order valence-electron chi connectivity index (χ2n) is 9.13. The number of phenolic OH excluding ortho intramolecular Hbond substituents is 1. The third kappa shape index (κ3) is 5.04. The summed E-state index contributed by atoms with van der Waals surface area (Å²) in [4.78, 5) is 0. The molecule has 0 aliphatic heterocycles. The van der Waals surface area contributed by atoms with Crippen LogP contribution in [0, 0.1) is 40.8 Å². The van der Waals surface area contributed by atoms with Gasteiger partial charge in [-0.05, 0) is 86.6 Å². The Balaban J connectivity index is 1.41. The molecular weight excluding hydrogens is 482 g/mol. The predicted octanol–water partition coefficient (Wildman–Crippen LogP) is 8.20. The van der Waals surface area contributed by atoms with Gasteiger partial charge >= 0.3 is 0 Å². The average molecular weight is 509 g/mol. The predicted molar refractivity (Wildman–Crippen MR) is 124 cm³/mol. The first-order valence-corrected chi connectivity index (χ1v) is 12.0. The van der Waals surface area contributed by atoms with Crippen molar-refractivity contribution in [1.29, 1.82) is 0 Å². The Labute approximate surface area is 205 Å². The maximum Gasteiger partial charge on any atom is 0.201 e. The van der Waals surface area contributed by atoms with Crippen molar-refractivity contribution < 1.29 is 36.2 Å². The summed E-state index contributed by atoms with van der Waals surface area (Å²) >= 11 is 0. The molecule has 192 valence electrons. The third-order valence-electron chi connectivity index (χ3n) is 7.00. The monoisotopic (exact) mass is 508 g/mol. The fourth-order valence-corrected chi connectivity index (χ4v) is 4.99. The number of aryl methyl sites for hydroxylation is 1. The van der Waals surface area contributed by atoms with E-state index in [9.17, 15) is 31.4 Å². The lowest BCUT2D eigenvalue weighted by molar-refractivity contribution is 0.302. The van der Waals surface area contributed by atoms with Crippen molar-refractivity contribution in [3.8, 4) is 22.6 Å². The average Bonchev–Trinajstić information content (AvgIpc) is 2.87. The van der Waals surface area contributed by atoms with Crippen molar-refractivity contribution in [2.45, 2.75) is 51.4 Å². The van der Waals surface area contributed by atoms with Gasteiger partial charge in [0.05, 0.1) is 6.61 Å². The van der Waals surface area contributed by atoms with Crippen LogP contribution in [0.2, 0.25) is 0 Å². The Kier molecular flexibility index (Phi) is 7.81. The zero-order chi connectivity index (χ0) is 26.0. The van der Waals surface area contributed by atoms with Crippen LogP contribution in [0.1, 0.15) is 56.1 Å². The molecule has 8 heteroatoms. The fraction of sp³-hybridized carbons (Fsp3) is 0.357. The normalized spacial score (nSPS) is 17.9. The van der Waals surface area contributed by atoms with E-state index in [4.69, 9.17) is 4.74 Å². The van der Waals surface area contributed by atoms with Crippen LogP contribution < -0.4 is 4.74 Å². The van der Waals surface area contributed by atoms with Gasteiger partial charge in [-0.1, -0.05) is 18.2 Å². The van der Waals surface area contributed by atoms with E-state index in [1.54, 1.807) is 6.92 Å². The molecule has 0 spiro atoms. The maximum atomic E-state index is 14.8. The standard InChI is InChI=1S/C28H26F6O2/c1-2-36-22-14-12-20(26(32)28(22)34)19-10-9-17(23(29)25(19)31)8-5-15-3-6-16(7-4-15)18-11-13-21(35)27(33)24(18)30/h9-16,35H,2-8H2,1H3. The molecule has 0 amide bonds. The fourth-order valence-electron chi connectivity index (χ4n) is 4.99. The molecule has 1 aliphatic carbocycles. The highest BCUT2D eigenvalue weighted by molar-refractivity contribution is 5.66. The Morgan fingerprint density at radius 2 is 1.36 bits per heavy atom. The number of hydrogen-bond donors (Lipinski definition) is 1. The van der Waals surface area contributed by atoms with Crippen LogP contribution >= 0.6 is 0 Å². The second kappa shape index (κ2) is 10.8. The third-order valence-corrected chi connectivity index (χ3v) is 7.00. The summed E-state index contributed by atoms with van der Waals surface area (Å²) in [7, 11) is 0. The van der Waals surface area contributed by atoms with Crippen LogP contribution in [0.3, 0.4) is 0 Å². The van der Waals surface area contributed by atoms with Crippen molar-refractivity contribution in [3.63, 3.8) is 0 Å². The number of benzene rings is 3. The molecule has 3 aromatic carbocycles. The van der Waals surface area contributed by atoms with Gasteiger partial charge in [-0.2, -0.15) is 8.78 Å². The van der Waals surface area contributed by atoms with Gasteiger partial charge in [-0.25, -0.2) is 17.6 Å². The molecule has 3 aromatic rings. The first-order chi connectivity index (χ1) is 17.2. The van der Waals surface area contributed by atoms with Crippen LogP contribution in [-0.4, -0.2) is 11.7 Å². The summed E-state index contributed by atoms with van der Waals surface area (Å²) in [5.74, 6) is -8.19. The Morgan fingerprint density at radius 1 is 0.722 bits per heavy atom. The molecule has 0 unspecified atom stereocenters. The molecule has 1 N–H and O–H groups in total. The summed E-state index contributed by atoms with van der Waals surface area (Å²) in [6.45, 7) is 1.74. The van der Waals surface area contributed by atoms with E-state index in [2.05, 4.69) is 0 Å². The lowest BCUT2D eigenvalue weighted by Crippen LogP contribution is -2.15. The summed E-state index contributed by atoms with van der Waals surface area (Å²) < 4.78 is 91.2. The number of hydrogen-bond acceptors (Lipinski definition) is 2. The van der Waals surface area contributed by atoms with Crippen LogP contribution in [-0.2, 0) is 6.42 Å². The lowest BCUT2D eigenvalue weighted by Gasteiger charge is -2.29. The van der Waals surface area contributed by atoms with E-state index in [0.29, 0.717) is 32.1 Å². The molecule has 0 bridgehead atoms. The number of aromatic hydroxyl groups is 1. The molecule has 0 saturated heterocycles. The molecule has 1 aliphatic rings. The SMILES string of the molecule is CCOc1ccc(-c2ccc(CCC3CCC(c4ccc(O)c(F)c4F)CC3)c(F)c2F)c(F)c1F. The van der Waals surface area contributed by atoms with Crippen molar-refractivity contribution in [1.82, 2.24) is 0 Å². The number of rotatable bonds is 7. The molecule has 0 radical (unpaired) electrons. The van der Waals surface area contributed by atoms with Crippen molar-refractivity contribution in [2.24, 2.45) is 5.92 Å². The largest absolute Gasteiger partial charge is 0.505 e. The van der Waals surface area contributed by atoms with Crippen molar-refractivity contribution in [2.75, 3.05) is 6.61 Å². The maximum absolute atomic E-state index is 14.8. The van der Waals surface area contributed by atoms with Crippen LogP contribution in [0.4, 0.5) is 26.3 Å². The number of halogens is 6. The second-order valence-corrected chi connectivity index (χ2v) is 9.13. The smallest absolute Gasteiger partial charge is 0.201 e. The minimum Gasteiger partial charge on any atom is -0.505 e. The highest BCUT2D eigenvalue weighted by Gasteiger charge is 2.27. The summed E-state index contributed by atoms with van der Waals surface area (Å²) in [6, 6.07) is 7.50. The molecule has 4 rings (SSSR count). The van der Waals surface area contributed by atoms with Crippen molar-refractivity contribution >= 4 is 0 Å². The number of phenols is 1. The van der Waals surface area contributed by atoms with Gasteiger partial charge in [0, 0.05) is 11.1 Å². The summed E-state index contributed by atoms with van der Waals surface area (Å²) in [5.41, 5.74) is -0.392. The molecule has 0 atom stereocenters. The molecule has 2 nitrogen and oxygen atoms in total. The van der Waals surface area contributed by atoms with Crippen molar-refractivity contribution in [3.05, 3.63) is 82.4 Å². The van der Waals surface area contributed by atoms with Crippen LogP contribution in [0.5, 0.6) is 11.5 Å². The highest BCUT2D eigenvalue weighted by Crippen LogP contribution is 2.40. The molecule has 1 fully saturated rings. The van der Waals surface area contributed by atoms with E-state index in [-0.39, 0.29) is 47.3 Å². The van der Waals surface area contributed by atoms with E-state index in [1.165, 1.54) is 24.3 Å². The molecule has 1 saturated carbocycles. The van der Waals surface area contributed by atoms with Gasteiger partial charge < -0.3 is 9.84 Å². The van der Waals surface area contributed by atoms with E-state index < -0.39 is 46.2 Å². The zero-order valence-corrected chi connectivity index (χ0v) is 19.7. The van der Waals surface area contributed by atoms with E-state index in [0.717, 1.165) is 12.1 Å². The van der Waals surface area contributed by atoms with Gasteiger partial charge in [0.25, 0.3) is 0 Å². The molecule has 0 aromatic heterocycles. The van der Waals surface area contributed by atoms with Crippen LogP contribution in [0.15, 0.2) is 36.4 Å². The van der Waals surface area contributed by atoms with Gasteiger partial charge in [-0.15, -0.1) is 0 Å². The lowest BCUT2D eigenvalue weighted by atomic mass is 9.76. The Morgan fingerprint density at radius 3 is 2.03 bits per heavy atom. The number of ether oxygens (including phenoxy) is 1. The van der Waals surface area contributed by atoms with Crippen LogP contribution in [0.25, 0.3) is 11.1 Å². The topological polar surface area (TPSA) is 29.5 Å². The molecule has 36 heavy (non-hydrogen) atoms. The van der Waals surface area contributed by atoms with Gasteiger partial charge in [0.2, 0.25) is 11.6 Å². The van der Waals surface area contributed by atoms with Gasteiger partial charge in [-0.3, -0.25) is 0 Å². The minimum absolute atomic E-state index is 0.126. The first-order valence-electron chi connectivity index (χ1n) is 12.0.